The Morgan fingerprint density at radius 3 is 1.65 bits per heavy atom. The van der Waals surface area contributed by atoms with Gasteiger partial charge in [0.1, 0.15) is 0 Å². The summed E-state index contributed by atoms with van der Waals surface area (Å²) in [6.07, 6.45) is 0. The van der Waals surface area contributed by atoms with Crippen molar-refractivity contribution in [3.05, 3.63) is 59.7 Å². The predicted molar refractivity (Wildman–Crippen MR) is 154 cm³/mol. The Morgan fingerprint density at radius 2 is 1.06 bits per heavy atom. The Hall–Kier alpha value is -0.900. The van der Waals surface area contributed by atoms with Crippen LogP contribution in [0.4, 0.5) is 0 Å². The van der Waals surface area contributed by atoms with Crippen LogP contribution in [-0.4, -0.2) is 62.7 Å². The van der Waals surface area contributed by atoms with Crippen LogP contribution in [0.3, 0.4) is 0 Å². The molecule has 0 unspecified atom stereocenters. The van der Waals surface area contributed by atoms with Crippen LogP contribution in [-0.2, 0) is 13.1 Å². The van der Waals surface area contributed by atoms with E-state index in [0.29, 0.717) is 13.1 Å². The average molecular weight is 556 g/mol. The minimum absolute atomic E-state index is 0. The zero-order chi connectivity index (χ0) is 21.0. The van der Waals surface area contributed by atoms with E-state index < -0.39 is 0 Å². The van der Waals surface area contributed by atoms with Gasteiger partial charge in [0.2, 0.25) is 0 Å². The number of aliphatic hydroxyl groups excluding tert-OH is 2. The van der Waals surface area contributed by atoms with E-state index in [1.807, 2.05) is 0 Å². The van der Waals surface area contributed by atoms with Crippen molar-refractivity contribution < 1.29 is 10.2 Å². The van der Waals surface area contributed by atoms with Gasteiger partial charge in [-0.1, -0.05) is 36.4 Å². The van der Waals surface area contributed by atoms with Crippen molar-refractivity contribution >= 4 is 71.2 Å². The molecule has 0 amide bonds. The number of hydrogen-bond acceptors (Lipinski definition) is 6. The van der Waals surface area contributed by atoms with Gasteiger partial charge in [0.15, 0.2) is 0 Å². The third kappa shape index (κ3) is 10.8. The summed E-state index contributed by atoms with van der Waals surface area (Å²) in [5.74, 6) is 0. The molecule has 0 spiro atoms. The fraction of sp³-hybridized carbons (Fsp3) is 0.417. The molecule has 0 aromatic heterocycles. The van der Waals surface area contributed by atoms with Gasteiger partial charge in [0, 0.05) is 52.4 Å². The number of hydrogen-bond donors (Lipinski definition) is 6. The topological polar surface area (TPSA) is 88.6 Å². The van der Waals surface area contributed by atoms with E-state index in [9.17, 15) is 0 Å². The molecular weight excluding hydrogens is 518 g/mol. The zero-order valence-corrected chi connectivity index (χ0v) is 22.5. The molecule has 3 aromatic carbocycles. The maximum absolute atomic E-state index is 8.89. The molecule has 0 bridgehead atoms. The quantitative estimate of drug-likeness (QED) is 0.135. The molecule has 0 radical (unpaired) electrons. The van der Waals surface area contributed by atoms with Gasteiger partial charge in [-0.3, -0.25) is 0 Å². The van der Waals surface area contributed by atoms with E-state index in [-0.39, 0.29) is 62.8 Å². The maximum atomic E-state index is 8.89. The Labute approximate surface area is 227 Å². The molecule has 10 heteroatoms. The molecule has 3 rings (SSSR count). The Kier molecular flexibility index (Phi) is 21.1. The highest BCUT2D eigenvalue weighted by molar-refractivity contribution is 6.00. The van der Waals surface area contributed by atoms with Crippen LogP contribution in [0.5, 0.6) is 0 Å². The highest BCUT2D eigenvalue weighted by atomic mass is 35.5. The van der Waals surface area contributed by atoms with E-state index in [1.54, 1.807) is 0 Å². The van der Waals surface area contributed by atoms with Crippen molar-refractivity contribution in [3.8, 4) is 0 Å². The lowest BCUT2D eigenvalue weighted by atomic mass is 9.95. The molecule has 0 saturated heterocycles. The van der Waals surface area contributed by atoms with E-state index in [2.05, 4.69) is 69.8 Å². The summed E-state index contributed by atoms with van der Waals surface area (Å²) in [6, 6.07) is 17.5. The van der Waals surface area contributed by atoms with Gasteiger partial charge in [-0.2, -0.15) is 0 Å². The van der Waals surface area contributed by atoms with Crippen LogP contribution in [0.25, 0.3) is 21.5 Å². The number of benzene rings is 3. The minimum atomic E-state index is 0. The van der Waals surface area contributed by atoms with Gasteiger partial charge in [0.25, 0.3) is 0 Å². The van der Waals surface area contributed by atoms with E-state index in [1.165, 1.54) is 32.7 Å². The van der Waals surface area contributed by atoms with Crippen LogP contribution >= 0.6 is 49.6 Å². The van der Waals surface area contributed by atoms with Crippen LogP contribution in [0.1, 0.15) is 11.1 Å². The number of rotatable bonds is 14. The standard InChI is InChI=1S/C24H34N4O2.4ClH/c29-13-11-25-7-9-27-17-22-6-5-21-15-19-3-1-2-4-20(19)16-23(21)24(22)18-28-10-8-26-12-14-30;;;;/h1-6,15-16,25-30H,7-14,17-18H2;4*1H. The first-order valence-electron chi connectivity index (χ1n) is 10.8. The van der Waals surface area contributed by atoms with Gasteiger partial charge in [0.05, 0.1) is 13.2 Å². The fourth-order valence-electron chi connectivity index (χ4n) is 3.69. The lowest BCUT2D eigenvalue weighted by Crippen LogP contribution is -2.30. The summed E-state index contributed by atoms with van der Waals surface area (Å²) in [4.78, 5) is 0. The highest BCUT2D eigenvalue weighted by Gasteiger charge is 2.09. The van der Waals surface area contributed by atoms with Gasteiger partial charge in [-0.15, -0.1) is 49.6 Å². The van der Waals surface area contributed by atoms with Gasteiger partial charge in [-0.05, 0) is 44.8 Å². The van der Waals surface area contributed by atoms with Gasteiger partial charge >= 0.3 is 0 Å². The lowest BCUT2D eigenvalue weighted by molar-refractivity contribution is 0.292. The second kappa shape index (κ2) is 20.3. The van der Waals surface area contributed by atoms with Crippen molar-refractivity contribution in [1.82, 2.24) is 21.3 Å². The molecule has 34 heavy (non-hydrogen) atoms. The van der Waals surface area contributed by atoms with E-state index in [0.717, 1.165) is 39.3 Å². The molecule has 0 aliphatic heterocycles. The Balaban J connectivity index is 0. The summed E-state index contributed by atoms with van der Waals surface area (Å²) >= 11 is 0. The molecule has 0 fully saturated rings. The number of halogens is 4. The summed E-state index contributed by atoms with van der Waals surface area (Å²) < 4.78 is 0. The summed E-state index contributed by atoms with van der Waals surface area (Å²) in [6.45, 7) is 6.57. The molecule has 3 aromatic rings. The minimum Gasteiger partial charge on any atom is -0.395 e. The third-order valence-corrected chi connectivity index (χ3v) is 5.25. The van der Waals surface area contributed by atoms with Crippen molar-refractivity contribution in [2.24, 2.45) is 0 Å². The van der Waals surface area contributed by atoms with Crippen LogP contribution in [0.15, 0.2) is 48.5 Å². The average Bonchev–Trinajstić information content (AvgIpc) is 2.77. The first kappa shape index (κ1) is 35.3. The van der Waals surface area contributed by atoms with Crippen LogP contribution < -0.4 is 21.3 Å². The second-order valence-corrected chi connectivity index (χ2v) is 7.42. The highest BCUT2D eigenvalue weighted by Crippen LogP contribution is 2.28. The molecule has 0 aliphatic rings. The molecule has 0 saturated carbocycles. The predicted octanol–water partition coefficient (Wildman–Crippen LogP) is 3.02. The molecule has 0 atom stereocenters. The summed E-state index contributed by atoms with van der Waals surface area (Å²) in [5, 5.41) is 36.3. The van der Waals surface area contributed by atoms with E-state index in [4.69, 9.17) is 10.2 Å². The van der Waals surface area contributed by atoms with E-state index >= 15 is 0 Å². The first-order chi connectivity index (χ1) is 14.8. The molecule has 0 heterocycles. The normalized spacial score (nSPS) is 10.2. The van der Waals surface area contributed by atoms with Crippen molar-refractivity contribution in [1.29, 1.82) is 0 Å². The molecule has 6 N–H and O–H groups in total. The number of nitrogens with one attached hydrogen (secondary N) is 4. The molecule has 194 valence electrons. The Morgan fingerprint density at radius 1 is 0.529 bits per heavy atom. The fourth-order valence-corrected chi connectivity index (χ4v) is 3.69. The smallest absolute Gasteiger partial charge is 0.0555 e. The molecular formula is C24H38Cl4N4O2. The third-order valence-electron chi connectivity index (χ3n) is 5.25. The number of aliphatic hydroxyl groups is 2. The largest absolute Gasteiger partial charge is 0.395 e. The molecule has 0 aliphatic carbocycles. The van der Waals surface area contributed by atoms with Gasteiger partial charge < -0.3 is 31.5 Å². The van der Waals surface area contributed by atoms with Crippen LogP contribution in [0.2, 0.25) is 0 Å². The van der Waals surface area contributed by atoms with Crippen molar-refractivity contribution in [2.45, 2.75) is 13.1 Å². The number of fused-ring (bicyclic) bond motifs is 2. The summed E-state index contributed by atoms with van der Waals surface area (Å²) in [5.41, 5.74) is 2.63. The zero-order valence-electron chi connectivity index (χ0n) is 19.2. The maximum Gasteiger partial charge on any atom is 0.0555 e. The molecule has 6 nitrogen and oxygen atoms in total. The van der Waals surface area contributed by atoms with Crippen molar-refractivity contribution in [2.75, 3.05) is 52.5 Å². The Bertz CT molecular complexity index is 934. The summed E-state index contributed by atoms with van der Waals surface area (Å²) in [7, 11) is 0. The SMILES string of the molecule is Cl.Cl.Cl.Cl.OCCNCCNCc1ccc2cc3ccccc3cc2c1CNCCNCCO. The monoisotopic (exact) mass is 554 g/mol. The lowest BCUT2D eigenvalue weighted by Gasteiger charge is -2.16. The van der Waals surface area contributed by atoms with Crippen molar-refractivity contribution in [3.63, 3.8) is 0 Å². The first-order valence-corrected chi connectivity index (χ1v) is 10.8. The van der Waals surface area contributed by atoms with Crippen LogP contribution in [0, 0.1) is 0 Å². The second-order valence-electron chi connectivity index (χ2n) is 7.42. The van der Waals surface area contributed by atoms with Gasteiger partial charge in [-0.25, -0.2) is 0 Å².